The van der Waals surface area contributed by atoms with Crippen LogP contribution in [0.25, 0.3) is 0 Å². The molecule has 0 radical (unpaired) electrons. The van der Waals surface area contributed by atoms with Crippen LogP contribution < -0.4 is 0 Å². The minimum Gasteiger partial charge on any atom is -0.392 e. The second-order valence-corrected chi connectivity index (χ2v) is 6.40. The van der Waals surface area contributed by atoms with Crippen LogP contribution in [0.2, 0.25) is 0 Å². The number of carbonyl (C=O) groups is 1. The lowest BCUT2D eigenvalue weighted by molar-refractivity contribution is -0.114. The zero-order valence-corrected chi connectivity index (χ0v) is 15.1. The van der Waals surface area contributed by atoms with Crippen LogP contribution in [0, 0.1) is 0 Å². The van der Waals surface area contributed by atoms with Crippen molar-refractivity contribution in [1.29, 1.82) is 0 Å². The molecule has 0 rings (SSSR count). The van der Waals surface area contributed by atoms with E-state index >= 15 is 0 Å². The maximum Gasteiger partial charge on any atom is 0.159 e. The Morgan fingerprint density at radius 3 is 2.30 bits per heavy atom. The molecule has 0 aliphatic heterocycles. The van der Waals surface area contributed by atoms with E-state index in [9.17, 15) is 9.90 Å². The fourth-order valence-electron chi connectivity index (χ4n) is 2.22. The molecule has 3 nitrogen and oxygen atoms in total. The van der Waals surface area contributed by atoms with Gasteiger partial charge in [-0.1, -0.05) is 35.5 Å². The molecule has 1 unspecified atom stereocenters. The number of carbonyl (C=O) groups excluding carboxylic acids is 1. The lowest BCUT2D eigenvalue weighted by Gasteiger charge is -2.13. The first-order valence-electron chi connectivity index (χ1n) is 8.21. The predicted molar refractivity (Wildman–Crippen MR) is 97.3 cm³/mol. The number of aliphatic hydroxyl groups excluding tert-OH is 2. The highest BCUT2D eigenvalue weighted by molar-refractivity contribution is 5.91. The lowest BCUT2D eigenvalue weighted by Crippen LogP contribution is -2.09. The quantitative estimate of drug-likeness (QED) is 0.441. The minimum atomic E-state index is -0.516. The van der Waals surface area contributed by atoms with Crippen LogP contribution in [0.15, 0.2) is 47.1 Å². The van der Waals surface area contributed by atoms with Gasteiger partial charge in [-0.3, -0.25) is 4.79 Å². The average Bonchev–Trinajstić information content (AvgIpc) is 2.43. The van der Waals surface area contributed by atoms with Crippen LogP contribution in [-0.4, -0.2) is 28.7 Å². The first kappa shape index (κ1) is 21.6. The third kappa shape index (κ3) is 11.7. The highest BCUT2D eigenvalue weighted by atomic mass is 16.3. The van der Waals surface area contributed by atoms with Crippen molar-refractivity contribution < 1.29 is 15.0 Å². The minimum absolute atomic E-state index is 0.0401. The summed E-state index contributed by atoms with van der Waals surface area (Å²) in [4.78, 5) is 11.7. The van der Waals surface area contributed by atoms with Crippen LogP contribution in [0.1, 0.15) is 59.8 Å². The van der Waals surface area contributed by atoms with Crippen LogP contribution in [-0.2, 0) is 4.79 Å². The molecule has 0 spiro atoms. The molecule has 0 saturated heterocycles. The first-order valence-corrected chi connectivity index (χ1v) is 8.21. The Morgan fingerprint density at radius 1 is 1.09 bits per heavy atom. The third-order valence-corrected chi connectivity index (χ3v) is 3.58. The van der Waals surface area contributed by atoms with E-state index in [1.54, 1.807) is 12.2 Å². The van der Waals surface area contributed by atoms with Crippen molar-refractivity contribution in [1.82, 2.24) is 0 Å². The summed E-state index contributed by atoms with van der Waals surface area (Å²) in [6.07, 6.45) is 8.30. The molecule has 2 N–H and O–H groups in total. The molecular formula is C20H32O3. The van der Waals surface area contributed by atoms with E-state index in [1.807, 2.05) is 33.8 Å². The van der Waals surface area contributed by atoms with Gasteiger partial charge in [-0.15, -0.1) is 0 Å². The molecule has 0 aromatic rings. The van der Waals surface area contributed by atoms with Gasteiger partial charge in [0.2, 0.25) is 0 Å². The Morgan fingerprint density at radius 2 is 1.74 bits per heavy atom. The van der Waals surface area contributed by atoms with Gasteiger partial charge in [-0.25, -0.2) is 0 Å². The molecule has 3 heteroatoms. The van der Waals surface area contributed by atoms with Gasteiger partial charge in [0.15, 0.2) is 5.78 Å². The number of aliphatic hydroxyl groups is 2. The zero-order valence-electron chi connectivity index (χ0n) is 15.1. The Balaban J connectivity index is 4.17. The van der Waals surface area contributed by atoms with E-state index in [2.05, 4.69) is 6.58 Å². The molecule has 0 heterocycles. The lowest BCUT2D eigenvalue weighted by atomic mass is 9.98. The summed E-state index contributed by atoms with van der Waals surface area (Å²) in [5.41, 5.74) is 3.97. The van der Waals surface area contributed by atoms with E-state index in [-0.39, 0.29) is 12.4 Å². The molecule has 23 heavy (non-hydrogen) atoms. The molecule has 0 fully saturated rings. The summed E-state index contributed by atoms with van der Waals surface area (Å²) in [6.45, 7) is 11.7. The van der Waals surface area contributed by atoms with Gasteiger partial charge in [0, 0.05) is 6.42 Å². The summed E-state index contributed by atoms with van der Waals surface area (Å²) < 4.78 is 0. The van der Waals surface area contributed by atoms with Crippen molar-refractivity contribution >= 4 is 5.78 Å². The summed E-state index contributed by atoms with van der Waals surface area (Å²) in [5, 5.41) is 18.9. The van der Waals surface area contributed by atoms with Crippen LogP contribution in [0.5, 0.6) is 0 Å². The molecule has 0 aromatic heterocycles. The predicted octanol–water partition coefficient (Wildman–Crippen LogP) is 4.27. The second kappa shape index (κ2) is 12.0. The number of rotatable bonds is 11. The van der Waals surface area contributed by atoms with E-state index in [4.69, 9.17) is 5.11 Å². The Kier molecular flexibility index (Phi) is 11.3. The van der Waals surface area contributed by atoms with E-state index < -0.39 is 6.10 Å². The molecule has 130 valence electrons. The summed E-state index contributed by atoms with van der Waals surface area (Å²) >= 11 is 0. The number of hydrogen-bond donors (Lipinski definition) is 2. The van der Waals surface area contributed by atoms with Crippen LogP contribution in [0.4, 0.5) is 0 Å². The smallest absolute Gasteiger partial charge is 0.159 e. The van der Waals surface area contributed by atoms with E-state index in [0.29, 0.717) is 12.8 Å². The van der Waals surface area contributed by atoms with Crippen molar-refractivity contribution in [3.05, 3.63) is 47.1 Å². The number of ketones is 1. The Hall–Kier alpha value is -1.45. The topological polar surface area (TPSA) is 57.5 Å². The Labute approximate surface area is 141 Å². The van der Waals surface area contributed by atoms with Crippen LogP contribution >= 0.6 is 0 Å². The second-order valence-electron chi connectivity index (χ2n) is 6.40. The zero-order chi connectivity index (χ0) is 17.8. The first-order chi connectivity index (χ1) is 10.8. The van der Waals surface area contributed by atoms with Gasteiger partial charge in [0.1, 0.15) is 0 Å². The fourth-order valence-corrected chi connectivity index (χ4v) is 2.22. The van der Waals surface area contributed by atoms with Crippen molar-refractivity contribution in [3.63, 3.8) is 0 Å². The van der Waals surface area contributed by atoms with Crippen molar-refractivity contribution in [3.8, 4) is 0 Å². The van der Waals surface area contributed by atoms with Gasteiger partial charge < -0.3 is 10.2 Å². The van der Waals surface area contributed by atoms with Gasteiger partial charge >= 0.3 is 0 Å². The van der Waals surface area contributed by atoms with Crippen molar-refractivity contribution in [2.75, 3.05) is 6.61 Å². The summed E-state index contributed by atoms with van der Waals surface area (Å²) in [7, 11) is 0. The van der Waals surface area contributed by atoms with E-state index in [0.717, 1.165) is 41.6 Å². The Bertz CT molecular complexity index is 477. The van der Waals surface area contributed by atoms with E-state index in [1.165, 1.54) is 0 Å². The van der Waals surface area contributed by atoms with Gasteiger partial charge in [-0.05, 0) is 65.0 Å². The SMILES string of the molecule is C=C(CCC=C(C)CC(=O)C=C(C)C)C(O)CCC(C)=CCO. The van der Waals surface area contributed by atoms with Crippen molar-refractivity contribution in [2.24, 2.45) is 0 Å². The summed E-state index contributed by atoms with van der Waals surface area (Å²) in [5.74, 6) is 0.128. The molecule has 0 bridgehead atoms. The molecular weight excluding hydrogens is 288 g/mol. The van der Waals surface area contributed by atoms with Crippen LogP contribution in [0.3, 0.4) is 0 Å². The molecule has 0 saturated carbocycles. The van der Waals surface area contributed by atoms with Gasteiger partial charge in [0.25, 0.3) is 0 Å². The molecule has 0 aromatic carbocycles. The van der Waals surface area contributed by atoms with Gasteiger partial charge in [-0.2, -0.15) is 0 Å². The fraction of sp³-hybridized carbons (Fsp3) is 0.550. The molecule has 0 amide bonds. The maximum atomic E-state index is 11.7. The molecule has 0 aliphatic carbocycles. The highest BCUT2D eigenvalue weighted by Crippen LogP contribution is 2.17. The number of hydrogen-bond acceptors (Lipinski definition) is 3. The maximum absolute atomic E-state index is 11.7. The monoisotopic (exact) mass is 320 g/mol. The average molecular weight is 320 g/mol. The van der Waals surface area contributed by atoms with Crippen molar-refractivity contribution in [2.45, 2.75) is 65.9 Å². The number of allylic oxidation sites excluding steroid dienone is 5. The molecule has 0 aliphatic rings. The summed E-state index contributed by atoms with van der Waals surface area (Å²) in [6, 6.07) is 0. The third-order valence-electron chi connectivity index (χ3n) is 3.58. The normalized spacial score (nSPS) is 13.7. The standard InChI is InChI=1S/C20H32O3/c1-15(2)13-19(22)14-17(4)7-6-8-18(5)20(23)10-9-16(3)11-12-21/h7,11,13,20-21,23H,5-6,8-10,12,14H2,1-4H3. The molecule has 1 atom stereocenters. The van der Waals surface area contributed by atoms with Gasteiger partial charge in [0.05, 0.1) is 12.7 Å². The highest BCUT2D eigenvalue weighted by Gasteiger charge is 2.08. The largest absolute Gasteiger partial charge is 0.392 e.